The third-order valence-electron chi connectivity index (χ3n) is 4.46. The number of fused-ring (bicyclic) bond motifs is 1. The second-order valence-corrected chi connectivity index (χ2v) is 6.80. The van der Waals surface area contributed by atoms with Crippen LogP contribution in [0.4, 0.5) is 0 Å². The van der Waals surface area contributed by atoms with Crippen LogP contribution < -0.4 is 27.8 Å². The summed E-state index contributed by atoms with van der Waals surface area (Å²) in [6, 6.07) is 5.51. The number of aromatic nitrogens is 1. The molecule has 2 rings (SSSR count). The van der Waals surface area contributed by atoms with Crippen LogP contribution in [0.3, 0.4) is 0 Å². The highest BCUT2D eigenvalue weighted by molar-refractivity contribution is 5.90. The molecule has 1 heterocycles. The number of carbonyl (C=O) groups is 3. The van der Waals surface area contributed by atoms with Crippen molar-refractivity contribution in [2.75, 3.05) is 13.1 Å². The van der Waals surface area contributed by atoms with Gasteiger partial charge in [-0.3, -0.25) is 14.6 Å². The Kier molecular flexibility index (Phi) is 8.18. The second-order valence-electron chi connectivity index (χ2n) is 6.80. The number of nitrogens with one attached hydrogen (secondary N) is 3. The lowest BCUT2D eigenvalue weighted by molar-refractivity contribution is -0.141. The molecular weight excluding hydrogens is 390 g/mol. The van der Waals surface area contributed by atoms with E-state index in [2.05, 4.69) is 20.6 Å². The van der Waals surface area contributed by atoms with Crippen LogP contribution >= 0.6 is 0 Å². The number of guanidine groups is 1. The molecule has 0 fully saturated rings. The SMILES string of the molecule is NC(N)=NCCCC(N)C(=O)NCC(=O)NC(Cc1c[nH]c2ccccc12)C(=O)O. The predicted octanol–water partition coefficient (Wildman–Crippen LogP) is -1.22. The number of hydrogen-bond donors (Lipinski definition) is 7. The van der Waals surface area contributed by atoms with E-state index < -0.39 is 29.9 Å². The summed E-state index contributed by atoms with van der Waals surface area (Å²) in [5.74, 6) is -2.34. The molecule has 162 valence electrons. The average molecular weight is 417 g/mol. The highest BCUT2D eigenvalue weighted by Gasteiger charge is 2.22. The Morgan fingerprint density at radius 3 is 2.63 bits per heavy atom. The maximum absolute atomic E-state index is 12.1. The number of nitrogens with zero attached hydrogens (tertiary/aromatic N) is 1. The van der Waals surface area contributed by atoms with Crippen molar-refractivity contribution < 1.29 is 19.5 Å². The molecular formula is C19H27N7O4. The lowest BCUT2D eigenvalue weighted by Crippen LogP contribution is -2.49. The van der Waals surface area contributed by atoms with E-state index in [1.165, 1.54) is 0 Å². The molecule has 0 bridgehead atoms. The molecule has 11 heteroatoms. The fraction of sp³-hybridized carbons (Fsp3) is 0.368. The Morgan fingerprint density at radius 1 is 1.20 bits per heavy atom. The van der Waals surface area contributed by atoms with Crippen molar-refractivity contribution in [2.45, 2.75) is 31.3 Å². The van der Waals surface area contributed by atoms with Gasteiger partial charge >= 0.3 is 5.97 Å². The Morgan fingerprint density at radius 2 is 1.93 bits per heavy atom. The molecule has 0 spiro atoms. The van der Waals surface area contributed by atoms with Gasteiger partial charge in [-0.1, -0.05) is 18.2 Å². The summed E-state index contributed by atoms with van der Waals surface area (Å²) < 4.78 is 0. The van der Waals surface area contributed by atoms with Crippen LogP contribution in [-0.2, 0) is 20.8 Å². The molecule has 2 unspecified atom stereocenters. The number of aliphatic carboxylic acids is 1. The van der Waals surface area contributed by atoms with Crippen molar-refractivity contribution in [1.29, 1.82) is 0 Å². The number of H-pyrrole nitrogens is 1. The average Bonchev–Trinajstić information content (AvgIpc) is 3.11. The largest absolute Gasteiger partial charge is 0.480 e. The van der Waals surface area contributed by atoms with Crippen LogP contribution in [0.15, 0.2) is 35.5 Å². The summed E-state index contributed by atoms with van der Waals surface area (Å²) >= 11 is 0. The van der Waals surface area contributed by atoms with Crippen LogP contribution in [0.5, 0.6) is 0 Å². The monoisotopic (exact) mass is 417 g/mol. The summed E-state index contributed by atoms with van der Waals surface area (Å²) in [6.07, 6.45) is 2.66. The molecule has 0 aliphatic carbocycles. The van der Waals surface area contributed by atoms with Gasteiger partial charge in [-0.15, -0.1) is 0 Å². The molecule has 10 N–H and O–H groups in total. The van der Waals surface area contributed by atoms with E-state index in [9.17, 15) is 19.5 Å². The summed E-state index contributed by atoms with van der Waals surface area (Å²) in [5.41, 5.74) is 17.8. The normalized spacial score (nSPS) is 12.7. The van der Waals surface area contributed by atoms with Crippen molar-refractivity contribution >= 4 is 34.6 Å². The maximum atomic E-state index is 12.1. The van der Waals surface area contributed by atoms with Crippen molar-refractivity contribution in [3.8, 4) is 0 Å². The molecule has 0 aliphatic heterocycles. The highest BCUT2D eigenvalue weighted by atomic mass is 16.4. The number of amides is 2. The summed E-state index contributed by atoms with van der Waals surface area (Å²) in [7, 11) is 0. The third-order valence-corrected chi connectivity index (χ3v) is 4.46. The van der Waals surface area contributed by atoms with Gasteiger partial charge in [0.15, 0.2) is 5.96 Å². The molecule has 30 heavy (non-hydrogen) atoms. The number of aliphatic imine (C=N–C) groups is 1. The molecule has 11 nitrogen and oxygen atoms in total. The Hall–Kier alpha value is -3.60. The first-order valence-electron chi connectivity index (χ1n) is 9.43. The number of aromatic amines is 1. The van der Waals surface area contributed by atoms with Gasteiger partial charge in [-0.2, -0.15) is 0 Å². The van der Waals surface area contributed by atoms with Crippen molar-refractivity contribution in [2.24, 2.45) is 22.2 Å². The molecule has 1 aromatic carbocycles. The molecule has 1 aromatic heterocycles. The molecule has 2 amide bonds. The van der Waals surface area contributed by atoms with Gasteiger partial charge in [0.25, 0.3) is 0 Å². The van der Waals surface area contributed by atoms with Gasteiger partial charge in [-0.05, 0) is 24.5 Å². The van der Waals surface area contributed by atoms with Gasteiger partial charge in [0.2, 0.25) is 11.8 Å². The lowest BCUT2D eigenvalue weighted by Gasteiger charge is -2.16. The van der Waals surface area contributed by atoms with Crippen LogP contribution in [0.1, 0.15) is 18.4 Å². The number of carboxylic acid groups (broad SMARTS) is 1. The lowest BCUT2D eigenvalue weighted by atomic mass is 10.0. The van der Waals surface area contributed by atoms with E-state index in [4.69, 9.17) is 17.2 Å². The molecule has 2 atom stereocenters. The van der Waals surface area contributed by atoms with E-state index in [1.54, 1.807) is 6.20 Å². The Labute approximate surface area is 173 Å². The third kappa shape index (κ3) is 6.78. The van der Waals surface area contributed by atoms with E-state index in [-0.39, 0.29) is 18.9 Å². The number of carboxylic acids is 1. The maximum Gasteiger partial charge on any atom is 0.326 e. The van der Waals surface area contributed by atoms with Crippen molar-refractivity contribution in [3.63, 3.8) is 0 Å². The van der Waals surface area contributed by atoms with Crippen LogP contribution in [0.25, 0.3) is 10.9 Å². The minimum Gasteiger partial charge on any atom is -0.480 e. The van der Waals surface area contributed by atoms with E-state index >= 15 is 0 Å². The summed E-state index contributed by atoms with van der Waals surface area (Å²) in [6.45, 7) is -0.0317. The van der Waals surface area contributed by atoms with Gasteiger partial charge < -0.3 is 37.9 Å². The Bertz CT molecular complexity index is 920. The second kappa shape index (κ2) is 10.8. The van der Waals surface area contributed by atoms with E-state index in [0.29, 0.717) is 19.4 Å². The quantitative estimate of drug-likeness (QED) is 0.135. The van der Waals surface area contributed by atoms with Gasteiger partial charge in [0.05, 0.1) is 12.6 Å². The van der Waals surface area contributed by atoms with E-state index in [1.807, 2.05) is 24.3 Å². The predicted molar refractivity (Wildman–Crippen MR) is 112 cm³/mol. The molecule has 2 aromatic rings. The van der Waals surface area contributed by atoms with Gasteiger partial charge in [-0.25, -0.2) is 4.79 Å². The van der Waals surface area contributed by atoms with Gasteiger partial charge in [0, 0.05) is 30.1 Å². The number of hydrogen-bond acceptors (Lipinski definition) is 5. The topological polar surface area (TPSA) is 202 Å². The number of benzene rings is 1. The highest BCUT2D eigenvalue weighted by Crippen LogP contribution is 2.19. The Balaban J connectivity index is 1.83. The minimum atomic E-state index is -1.17. The first-order chi connectivity index (χ1) is 14.3. The summed E-state index contributed by atoms with van der Waals surface area (Å²) in [5, 5.41) is 15.2. The molecule has 0 saturated heterocycles. The zero-order chi connectivity index (χ0) is 22.1. The van der Waals surface area contributed by atoms with Crippen LogP contribution in [-0.4, -0.2) is 59.0 Å². The first kappa shape index (κ1) is 22.7. The number of nitrogens with two attached hydrogens (primary N) is 3. The fourth-order valence-corrected chi connectivity index (χ4v) is 2.91. The number of rotatable bonds is 11. The first-order valence-corrected chi connectivity index (χ1v) is 9.43. The zero-order valence-corrected chi connectivity index (χ0v) is 16.4. The molecule has 0 radical (unpaired) electrons. The number of carbonyl (C=O) groups excluding carboxylic acids is 2. The van der Waals surface area contributed by atoms with Crippen LogP contribution in [0.2, 0.25) is 0 Å². The standard InChI is InChI=1S/C19H27N7O4/c20-13(5-3-7-23-19(21)22)17(28)25-10-16(27)26-15(18(29)30)8-11-9-24-14-6-2-1-4-12(11)14/h1-2,4,6,9,13,15,24H,3,5,7-8,10,20H2,(H,25,28)(H,26,27)(H,29,30)(H4,21,22,23). The van der Waals surface area contributed by atoms with E-state index in [0.717, 1.165) is 16.5 Å². The van der Waals surface area contributed by atoms with Crippen molar-refractivity contribution in [1.82, 2.24) is 15.6 Å². The minimum absolute atomic E-state index is 0.0367. The molecule has 0 saturated carbocycles. The fourth-order valence-electron chi connectivity index (χ4n) is 2.91. The summed E-state index contributed by atoms with van der Waals surface area (Å²) in [4.78, 5) is 42.5. The number of para-hydroxylation sites is 1. The zero-order valence-electron chi connectivity index (χ0n) is 16.4. The molecule has 0 aliphatic rings. The van der Waals surface area contributed by atoms with Crippen LogP contribution in [0, 0.1) is 0 Å². The smallest absolute Gasteiger partial charge is 0.326 e. The van der Waals surface area contributed by atoms with Crippen molar-refractivity contribution in [3.05, 3.63) is 36.0 Å². The van der Waals surface area contributed by atoms with Gasteiger partial charge in [0.1, 0.15) is 6.04 Å².